The molecule has 1 aliphatic heterocycles. The third-order valence-electron chi connectivity index (χ3n) is 5.68. The molecular weight excluding hydrogens is 418 g/mol. The highest BCUT2D eigenvalue weighted by Gasteiger charge is 2.44. The molecule has 0 saturated carbocycles. The van der Waals surface area contributed by atoms with Crippen molar-refractivity contribution in [2.45, 2.75) is 24.8 Å². The molecule has 3 aromatic heterocycles. The number of nitrogens with one attached hydrogen (secondary N) is 2. The smallest absolute Gasteiger partial charge is 0.379 e. The van der Waals surface area contributed by atoms with E-state index in [0.717, 1.165) is 25.9 Å². The van der Waals surface area contributed by atoms with Crippen LogP contribution in [-0.4, -0.2) is 49.8 Å². The predicted octanol–water partition coefficient (Wildman–Crippen LogP) is 3.28. The first-order chi connectivity index (χ1) is 15.4. The lowest BCUT2D eigenvalue weighted by molar-refractivity contribution is -0.166. The summed E-state index contributed by atoms with van der Waals surface area (Å²) >= 11 is 0. The Balaban J connectivity index is 1.73. The molecule has 8 nitrogen and oxygen atoms in total. The van der Waals surface area contributed by atoms with Gasteiger partial charge in [0.05, 0.1) is 16.8 Å². The Labute approximate surface area is 181 Å². The molecule has 3 N–H and O–H groups in total. The monoisotopic (exact) mass is 438 g/mol. The van der Waals surface area contributed by atoms with Gasteiger partial charge in [0.2, 0.25) is 0 Å². The van der Waals surface area contributed by atoms with Gasteiger partial charge in [-0.05, 0) is 50.2 Å². The van der Waals surface area contributed by atoms with Gasteiger partial charge in [0.15, 0.2) is 11.5 Å². The summed E-state index contributed by atoms with van der Waals surface area (Å²) in [4.78, 5) is 16.0. The molecule has 10 heteroatoms. The van der Waals surface area contributed by atoms with Crippen molar-refractivity contribution in [3.05, 3.63) is 54.2 Å². The number of benzene rings is 1. The highest BCUT2D eigenvalue weighted by molar-refractivity contribution is 5.94. The quantitative estimate of drug-likeness (QED) is 0.439. The van der Waals surface area contributed by atoms with E-state index in [9.17, 15) is 18.7 Å². The number of anilines is 1. The van der Waals surface area contributed by atoms with Gasteiger partial charge in [-0.1, -0.05) is 18.2 Å². The zero-order valence-electron chi connectivity index (χ0n) is 16.9. The maximum atomic E-state index is 14.8. The second kappa shape index (κ2) is 7.79. The van der Waals surface area contributed by atoms with Gasteiger partial charge in [-0.2, -0.15) is 8.78 Å². The van der Waals surface area contributed by atoms with E-state index in [1.807, 2.05) is 6.07 Å². The van der Waals surface area contributed by atoms with Crippen LogP contribution in [0.3, 0.4) is 0 Å². The Morgan fingerprint density at radius 2 is 1.97 bits per heavy atom. The van der Waals surface area contributed by atoms with Crippen molar-refractivity contribution in [3.8, 4) is 11.5 Å². The van der Waals surface area contributed by atoms with E-state index in [0.29, 0.717) is 22.2 Å². The Morgan fingerprint density at radius 1 is 1.16 bits per heavy atom. The van der Waals surface area contributed by atoms with Crippen LogP contribution in [0.5, 0.6) is 0 Å². The Hall–Kier alpha value is -3.66. The second-order valence-electron chi connectivity index (χ2n) is 7.76. The number of pyridine rings is 2. The van der Waals surface area contributed by atoms with Crippen LogP contribution in [0, 0.1) is 0 Å². The predicted molar refractivity (Wildman–Crippen MR) is 115 cm³/mol. The number of carboxylic acids is 1. The van der Waals surface area contributed by atoms with E-state index in [4.69, 9.17) is 0 Å². The molecule has 0 aliphatic carbocycles. The maximum absolute atomic E-state index is 14.8. The van der Waals surface area contributed by atoms with Crippen LogP contribution in [0.25, 0.3) is 28.1 Å². The molecular formula is C22H20F2N6O2. The fourth-order valence-corrected chi connectivity index (χ4v) is 4.03. The Kier molecular flexibility index (Phi) is 4.93. The molecule has 5 rings (SSSR count). The molecule has 0 unspecified atom stereocenters. The Morgan fingerprint density at radius 3 is 2.75 bits per heavy atom. The lowest BCUT2D eigenvalue weighted by Gasteiger charge is -2.25. The number of aromatic nitrogens is 4. The molecule has 4 heterocycles. The maximum Gasteiger partial charge on any atom is 0.379 e. The minimum Gasteiger partial charge on any atom is -0.477 e. The van der Waals surface area contributed by atoms with Gasteiger partial charge in [-0.3, -0.25) is 4.40 Å². The van der Waals surface area contributed by atoms with Gasteiger partial charge in [0.1, 0.15) is 5.69 Å². The lowest BCUT2D eigenvalue weighted by atomic mass is 10.0. The standard InChI is InChI=1S/C22H20F2N6O2/c23-22(24,21(31)32)15-12-13-4-3-5-16(26-14-7-9-25-10-8-14)18(13)27-19(15)20-29-28-17-6-1-2-11-30(17)20/h1-6,11-12,14,25-26H,7-10H2,(H,31,32). The lowest BCUT2D eigenvalue weighted by Crippen LogP contribution is -2.35. The molecule has 164 valence electrons. The molecule has 0 bridgehead atoms. The number of carbonyl (C=O) groups is 1. The summed E-state index contributed by atoms with van der Waals surface area (Å²) in [7, 11) is 0. The summed E-state index contributed by atoms with van der Waals surface area (Å²) in [5, 5.41) is 24.5. The molecule has 1 aliphatic rings. The number of halogens is 2. The second-order valence-corrected chi connectivity index (χ2v) is 7.76. The number of piperidine rings is 1. The van der Waals surface area contributed by atoms with Crippen molar-refractivity contribution in [1.29, 1.82) is 0 Å². The first-order valence-corrected chi connectivity index (χ1v) is 10.3. The van der Waals surface area contributed by atoms with Gasteiger partial charge in [-0.15, -0.1) is 10.2 Å². The highest BCUT2D eigenvalue weighted by atomic mass is 19.3. The molecule has 1 aromatic carbocycles. The summed E-state index contributed by atoms with van der Waals surface area (Å²) < 4.78 is 31.1. The van der Waals surface area contributed by atoms with Crippen LogP contribution in [0.4, 0.5) is 14.5 Å². The van der Waals surface area contributed by atoms with Gasteiger partial charge in [0.25, 0.3) is 0 Å². The number of carboxylic acid groups (broad SMARTS) is 1. The topological polar surface area (TPSA) is 104 Å². The number of rotatable bonds is 5. The van der Waals surface area contributed by atoms with E-state index in [2.05, 4.69) is 25.8 Å². The molecule has 1 saturated heterocycles. The number of nitrogens with zero attached hydrogens (tertiary/aromatic N) is 4. The average Bonchev–Trinajstić information content (AvgIpc) is 3.23. The van der Waals surface area contributed by atoms with E-state index >= 15 is 0 Å². The molecule has 0 radical (unpaired) electrons. The number of alkyl halides is 2. The van der Waals surface area contributed by atoms with E-state index < -0.39 is 17.5 Å². The van der Waals surface area contributed by atoms with Crippen molar-refractivity contribution in [2.75, 3.05) is 18.4 Å². The summed E-state index contributed by atoms with van der Waals surface area (Å²) in [6.45, 7) is 1.78. The fraction of sp³-hybridized carbons (Fsp3) is 0.273. The minimum atomic E-state index is -4.16. The third-order valence-corrected chi connectivity index (χ3v) is 5.68. The number of fused-ring (bicyclic) bond motifs is 2. The van der Waals surface area contributed by atoms with E-state index in [-0.39, 0.29) is 17.6 Å². The van der Waals surface area contributed by atoms with Crippen molar-refractivity contribution >= 4 is 28.2 Å². The summed E-state index contributed by atoms with van der Waals surface area (Å²) in [6.07, 6.45) is 3.47. The zero-order chi connectivity index (χ0) is 22.3. The van der Waals surface area contributed by atoms with Crippen molar-refractivity contribution in [1.82, 2.24) is 24.9 Å². The van der Waals surface area contributed by atoms with Crippen molar-refractivity contribution in [2.24, 2.45) is 0 Å². The molecule has 4 aromatic rings. The summed E-state index contributed by atoms with van der Waals surface area (Å²) in [5.74, 6) is -6.36. The minimum absolute atomic E-state index is 0.0510. The number of para-hydroxylation sites is 1. The van der Waals surface area contributed by atoms with Gasteiger partial charge in [-0.25, -0.2) is 9.78 Å². The fourth-order valence-electron chi connectivity index (χ4n) is 4.03. The molecule has 0 amide bonds. The first kappa shape index (κ1) is 20.3. The van der Waals surface area contributed by atoms with Gasteiger partial charge >= 0.3 is 11.9 Å². The normalized spacial score (nSPS) is 15.3. The van der Waals surface area contributed by atoms with Gasteiger partial charge in [0, 0.05) is 17.6 Å². The van der Waals surface area contributed by atoms with E-state index in [1.165, 1.54) is 10.5 Å². The average molecular weight is 438 g/mol. The van der Waals surface area contributed by atoms with E-state index in [1.54, 1.807) is 36.5 Å². The highest BCUT2D eigenvalue weighted by Crippen LogP contribution is 2.38. The SMILES string of the molecule is O=C(O)C(F)(F)c1cc2cccc(NC3CCNCC3)c2nc1-c1nnc2ccccn12. The van der Waals surface area contributed by atoms with Gasteiger partial charge < -0.3 is 15.7 Å². The van der Waals surface area contributed by atoms with Crippen LogP contribution in [0.1, 0.15) is 18.4 Å². The molecule has 32 heavy (non-hydrogen) atoms. The molecule has 1 fully saturated rings. The van der Waals surface area contributed by atoms with Crippen molar-refractivity contribution < 1.29 is 18.7 Å². The van der Waals surface area contributed by atoms with Crippen LogP contribution < -0.4 is 10.6 Å². The number of hydrogen-bond acceptors (Lipinski definition) is 6. The summed E-state index contributed by atoms with van der Waals surface area (Å²) in [6, 6.07) is 11.8. The van der Waals surface area contributed by atoms with Crippen molar-refractivity contribution in [3.63, 3.8) is 0 Å². The molecule has 0 spiro atoms. The zero-order valence-corrected chi connectivity index (χ0v) is 16.9. The largest absolute Gasteiger partial charge is 0.477 e. The van der Waals surface area contributed by atoms with Crippen LogP contribution >= 0.6 is 0 Å². The first-order valence-electron chi connectivity index (χ1n) is 10.3. The van der Waals surface area contributed by atoms with Crippen LogP contribution in [0.15, 0.2) is 48.7 Å². The van der Waals surface area contributed by atoms with Crippen LogP contribution in [-0.2, 0) is 10.7 Å². The number of aliphatic carboxylic acids is 1. The number of hydrogen-bond donors (Lipinski definition) is 3. The third kappa shape index (κ3) is 3.42. The van der Waals surface area contributed by atoms with Crippen LogP contribution in [0.2, 0.25) is 0 Å². The molecule has 0 atom stereocenters. The Bertz CT molecular complexity index is 1320. The summed E-state index contributed by atoms with van der Waals surface area (Å²) in [5.41, 5.74) is 0.668.